The second kappa shape index (κ2) is 16.8. The molecule has 0 saturated heterocycles. The van der Waals surface area contributed by atoms with Gasteiger partial charge in [-0.2, -0.15) is 0 Å². The predicted molar refractivity (Wildman–Crippen MR) is 91.1 cm³/mol. The summed E-state index contributed by atoms with van der Waals surface area (Å²) in [5.74, 6) is 0.707. The van der Waals surface area contributed by atoms with E-state index in [2.05, 4.69) is 26.0 Å². The van der Waals surface area contributed by atoms with Crippen molar-refractivity contribution in [2.24, 2.45) is 5.92 Å². The Morgan fingerprint density at radius 2 is 1.05 bits per heavy atom. The van der Waals surface area contributed by atoms with Crippen LogP contribution in [0.1, 0.15) is 97.3 Å². The van der Waals surface area contributed by atoms with Gasteiger partial charge in [-0.1, -0.05) is 90.2 Å². The number of hydrogen-bond donors (Lipinski definition) is 1. The average Bonchev–Trinajstić information content (AvgIpc) is 2.43. The van der Waals surface area contributed by atoms with Crippen molar-refractivity contribution in [2.45, 2.75) is 97.3 Å². The minimum Gasteiger partial charge on any atom is -0.396 e. The van der Waals surface area contributed by atoms with Gasteiger partial charge in [0.15, 0.2) is 0 Å². The van der Waals surface area contributed by atoms with Gasteiger partial charge in [-0.15, -0.1) is 0 Å². The van der Waals surface area contributed by atoms with E-state index in [1.165, 1.54) is 77.0 Å². The zero-order chi connectivity index (χ0) is 14.9. The normalized spacial score (nSPS) is 11.8. The SMILES string of the molecule is CC(C)C=CCCCCCCCCCCCCCCO. The molecular weight excluding hydrogens is 244 g/mol. The Balaban J connectivity index is 2.99. The molecule has 0 atom stereocenters. The third kappa shape index (κ3) is 17.7. The monoisotopic (exact) mass is 282 g/mol. The van der Waals surface area contributed by atoms with E-state index in [1.54, 1.807) is 0 Å². The van der Waals surface area contributed by atoms with Crippen molar-refractivity contribution in [3.63, 3.8) is 0 Å². The first-order valence-corrected chi connectivity index (χ1v) is 9.05. The Hall–Kier alpha value is -0.300. The van der Waals surface area contributed by atoms with Gasteiger partial charge in [0.2, 0.25) is 0 Å². The molecule has 0 fully saturated rings. The van der Waals surface area contributed by atoms with Crippen LogP contribution in [0.2, 0.25) is 0 Å². The van der Waals surface area contributed by atoms with Crippen LogP contribution in [0.4, 0.5) is 0 Å². The van der Waals surface area contributed by atoms with Crippen LogP contribution in [-0.2, 0) is 0 Å². The summed E-state index contributed by atoms with van der Waals surface area (Å²) >= 11 is 0. The van der Waals surface area contributed by atoms with Crippen LogP contribution in [0.25, 0.3) is 0 Å². The minimum atomic E-state index is 0.368. The maximum atomic E-state index is 8.68. The number of allylic oxidation sites excluding steroid dienone is 2. The van der Waals surface area contributed by atoms with Gasteiger partial charge in [0.05, 0.1) is 0 Å². The molecular formula is C19H38O. The summed E-state index contributed by atoms with van der Waals surface area (Å²) in [7, 11) is 0. The fourth-order valence-corrected chi connectivity index (χ4v) is 2.51. The van der Waals surface area contributed by atoms with Crippen molar-refractivity contribution < 1.29 is 5.11 Å². The third-order valence-electron chi connectivity index (χ3n) is 3.80. The Labute approximate surface area is 127 Å². The molecule has 0 aliphatic heterocycles. The Bertz CT molecular complexity index is 196. The van der Waals surface area contributed by atoms with Crippen molar-refractivity contribution >= 4 is 0 Å². The zero-order valence-electron chi connectivity index (χ0n) is 14.1. The van der Waals surface area contributed by atoms with Crippen LogP contribution >= 0.6 is 0 Å². The van der Waals surface area contributed by atoms with Gasteiger partial charge in [0.1, 0.15) is 0 Å². The van der Waals surface area contributed by atoms with Crippen LogP contribution in [-0.4, -0.2) is 11.7 Å². The average molecular weight is 283 g/mol. The highest BCUT2D eigenvalue weighted by Crippen LogP contribution is 2.12. The van der Waals surface area contributed by atoms with E-state index in [1.807, 2.05) is 0 Å². The van der Waals surface area contributed by atoms with Gasteiger partial charge in [-0.3, -0.25) is 0 Å². The lowest BCUT2D eigenvalue weighted by Crippen LogP contribution is -1.85. The molecule has 0 heterocycles. The fraction of sp³-hybridized carbons (Fsp3) is 0.895. The highest BCUT2D eigenvalue weighted by molar-refractivity contribution is 4.83. The molecule has 0 aliphatic rings. The van der Waals surface area contributed by atoms with Crippen molar-refractivity contribution in [3.8, 4) is 0 Å². The summed E-state index contributed by atoms with van der Waals surface area (Å²) in [5.41, 5.74) is 0. The molecule has 1 nitrogen and oxygen atoms in total. The van der Waals surface area contributed by atoms with E-state index in [0.29, 0.717) is 12.5 Å². The predicted octanol–water partition coefficient (Wildman–Crippen LogP) is 6.26. The summed E-state index contributed by atoms with van der Waals surface area (Å²) in [6.07, 6.45) is 22.1. The smallest absolute Gasteiger partial charge is 0.0431 e. The number of aliphatic hydroxyl groups excluding tert-OH is 1. The van der Waals surface area contributed by atoms with Gasteiger partial charge < -0.3 is 5.11 Å². The molecule has 0 bridgehead atoms. The van der Waals surface area contributed by atoms with Crippen LogP contribution < -0.4 is 0 Å². The summed E-state index contributed by atoms with van der Waals surface area (Å²) in [4.78, 5) is 0. The summed E-state index contributed by atoms with van der Waals surface area (Å²) in [6, 6.07) is 0. The van der Waals surface area contributed by atoms with Crippen LogP contribution in [0.5, 0.6) is 0 Å². The number of unbranched alkanes of at least 4 members (excludes halogenated alkanes) is 12. The Morgan fingerprint density at radius 3 is 1.45 bits per heavy atom. The first-order valence-electron chi connectivity index (χ1n) is 9.05. The molecule has 0 rings (SSSR count). The van der Waals surface area contributed by atoms with Gasteiger partial charge in [-0.05, 0) is 25.2 Å². The highest BCUT2D eigenvalue weighted by atomic mass is 16.2. The van der Waals surface area contributed by atoms with Crippen molar-refractivity contribution in [3.05, 3.63) is 12.2 Å². The van der Waals surface area contributed by atoms with Crippen LogP contribution in [0.15, 0.2) is 12.2 Å². The van der Waals surface area contributed by atoms with E-state index in [9.17, 15) is 0 Å². The van der Waals surface area contributed by atoms with Crippen molar-refractivity contribution in [1.82, 2.24) is 0 Å². The molecule has 1 N–H and O–H groups in total. The molecule has 0 saturated carbocycles. The van der Waals surface area contributed by atoms with E-state index < -0.39 is 0 Å². The summed E-state index contributed by atoms with van der Waals surface area (Å²) in [6.45, 7) is 4.85. The van der Waals surface area contributed by atoms with Gasteiger partial charge in [-0.25, -0.2) is 0 Å². The van der Waals surface area contributed by atoms with E-state index in [-0.39, 0.29) is 0 Å². The lowest BCUT2D eigenvalue weighted by molar-refractivity contribution is 0.282. The molecule has 120 valence electrons. The summed E-state index contributed by atoms with van der Waals surface area (Å²) < 4.78 is 0. The molecule has 1 heteroatoms. The third-order valence-corrected chi connectivity index (χ3v) is 3.80. The Morgan fingerprint density at radius 1 is 0.650 bits per heavy atom. The van der Waals surface area contributed by atoms with E-state index >= 15 is 0 Å². The maximum absolute atomic E-state index is 8.68. The number of rotatable bonds is 15. The van der Waals surface area contributed by atoms with Crippen molar-refractivity contribution in [1.29, 1.82) is 0 Å². The maximum Gasteiger partial charge on any atom is 0.0431 e. The molecule has 0 aromatic carbocycles. The second-order valence-corrected chi connectivity index (χ2v) is 6.43. The number of hydrogen-bond acceptors (Lipinski definition) is 1. The second-order valence-electron chi connectivity index (χ2n) is 6.43. The molecule has 0 amide bonds. The lowest BCUT2D eigenvalue weighted by atomic mass is 10.0. The molecule has 0 spiro atoms. The van der Waals surface area contributed by atoms with Crippen LogP contribution in [0, 0.1) is 5.92 Å². The molecule has 0 aromatic rings. The topological polar surface area (TPSA) is 20.2 Å². The standard InChI is InChI=1S/C19H38O/c1-19(2)17-15-13-11-9-7-5-3-4-6-8-10-12-14-16-18-20/h15,17,19-20H,3-14,16,18H2,1-2H3. The van der Waals surface area contributed by atoms with Crippen molar-refractivity contribution in [2.75, 3.05) is 6.61 Å². The molecule has 0 radical (unpaired) electrons. The quantitative estimate of drug-likeness (QED) is 0.277. The lowest BCUT2D eigenvalue weighted by Gasteiger charge is -2.02. The molecule has 0 unspecified atom stereocenters. The fourth-order valence-electron chi connectivity index (χ4n) is 2.51. The van der Waals surface area contributed by atoms with E-state index in [4.69, 9.17) is 5.11 Å². The first kappa shape index (κ1) is 19.7. The van der Waals surface area contributed by atoms with Crippen LogP contribution in [0.3, 0.4) is 0 Å². The highest BCUT2D eigenvalue weighted by Gasteiger charge is 1.93. The molecule has 20 heavy (non-hydrogen) atoms. The van der Waals surface area contributed by atoms with Gasteiger partial charge >= 0.3 is 0 Å². The largest absolute Gasteiger partial charge is 0.396 e. The van der Waals surface area contributed by atoms with E-state index in [0.717, 1.165) is 6.42 Å². The minimum absolute atomic E-state index is 0.368. The van der Waals surface area contributed by atoms with Gasteiger partial charge in [0, 0.05) is 6.61 Å². The zero-order valence-corrected chi connectivity index (χ0v) is 14.1. The molecule has 0 aromatic heterocycles. The summed E-state index contributed by atoms with van der Waals surface area (Å²) in [5, 5.41) is 8.68. The molecule has 0 aliphatic carbocycles. The van der Waals surface area contributed by atoms with Gasteiger partial charge in [0.25, 0.3) is 0 Å². The first-order chi connectivity index (χ1) is 9.77. The number of aliphatic hydroxyl groups is 1. The Kier molecular flexibility index (Phi) is 16.5.